The highest BCUT2D eigenvalue weighted by Crippen LogP contribution is 2.30. The Hall–Kier alpha value is -3.08. The lowest BCUT2D eigenvalue weighted by Crippen LogP contribution is -2.34. The van der Waals surface area contributed by atoms with Gasteiger partial charge in [0.15, 0.2) is 6.61 Å². The number of hydrogen-bond acceptors (Lipinski definition) is 3. The Balaban J connectivity index is 1.40. The summed E-state index contributed by atoms with van der Waals surface area (Å²) in [6.07, 6.45) is 4.87. The van der Waals surface area contributed by atoms with Crippen LogP contribution in [0.2, 0.25) is 0 Å². The minimum Gasteiger partial charge on any atom is -0.484 e. The van der Waals surface area contributed by atoms with Gasteiger partial charge in [-0.3, -0.25) is 9.48 Å². The summed E-state index contributed by atoms with van der Waals surface area (Å²) in [5.41, 5.74) is 3.58. The van der Waals surface area contributed by atoms with Gasteiger partial charge in [-0.25, -0.2) is 0 Å². The van der Waals surface area contributed by atoms with E-state index in [0.717, 1.165) is 31.4 Å². The first-order valence-electron chi connectivity index (χ1n) is 9.35. The molecular weight excluding hydrogens is 338 g/mol. The summed E-state index contributed by atoms with van der Waals surface area (Å²) in [6.45, 7) is 0.780. The average Bonchev–Trinajstić information content (AvgIpc) is 3.12. The molecule has 1 aliphatic carbocycles. The summed E-state index contributed by atoms with van der Waals surface area (Å²) in [6, 6.07) is 19.7. The lowest BCUT2D eigenvalue weighted by atomic mass is 9.93. The predicted molar refractivity (Wildman–Crippen MR) is 104 cm³/mol. The highest BCUT2D eigenvalue weighted by Gasteiger charge is 2.25. The van der Waals surface area contributed by atoms with Gasteiger partial charge in [-0.05, 0) is 37.0 Å². The maximum atomic E-state index is 12.3. The van der Waals surface area contributed by atoms with E-state index < -0.39 is 0 Å². The van der Waals surface area contributed by atoms with E-state index in [0.29, 0.717) is 5.75 Å². The molecule has 0 bridgehead atoms. The smallest absolute Gasteiger partial charge is 0.258 e. The number of hydrogen-bond donors (Lipinski definition) is 1. The highest BCUT2D eigenvalue weighted by molar-refractivity contribution is 5.78. The topological polar surface area (TPSA) is 56.1 Å². The molecule has 3 aromatic rings. The molecule has 0 saturated carbocycles. The standard InChI is InChI=1S/C22H23N3O2/c26-22(16-27-18-10-5-2-6-11-18)24-20-12-7-13-21-19(20)14-23-25(21)15-17-8-3-1-4-9-17/h1-6,8-11,14,20H,7,12-13,15-16H2,(H,24,26). The SMILES string of the molecule is O=C(COc1ccccc1)NC1CCCc2c1cnn2Cc1ccccc1. The minimum absolute atomic E-state index is 0.00477. The summed E-state index contributed by atoms with van der Waals surface area (Å²) >= 11 is 0. The molecule has 0 aliphatic heterocycles. The lowest BCUT2D eigenvalue weighted by molar-refractivity contribution is -0.123. The number of rotatable bonds is 6. The summed E-state index contributed by atoms with van der Waals surface area (Å²) in [5.74, 6) is 0.597. The molecule has 138 valence electrons. The monoisotopic (exact) mass is 361 g/mol. The second-order valence-corrected chi connectivity index (χ2v) is 6.80. The van der Waals surface area contributed by atoms with Crippen LogP contribution in [0.25, 0.3) is 0 Å². The van der Waals surface area contributed by atoms with Gasteiger partial charge in [0.25, 0.3) is 5.91 Å². The van der Waals surface area contributed by atoms with Crippen LogP contribution >= 0.6 is 0 Å². The molecule has 1 aliphatic rings. The van der Waals surface area contributed by atoms with Gasteiger partial charge in [0.05, 0.1) is 18.8 Å². The zero-order valence-corrected chi connectivity index (χ0v) is 15.2. The van der Waals surface area contributed by atoms with Crippen LogP contribution in [-0.2, 0) is 17.8 Å². The van der Waals surface area contributed by atoms with Crippen LogP contribution in [0.5, 0.6) is 5.75 Å². The third-order valence-corrected chi connectivity index (χ3v) is 4.89. The Bertz CT molecular complexity index is 890. The number of fused-ring (bicyclic) bond motifs is 1. The number of nitrogens with zero attached hydrogens (tertiary/aromatic N) is 2. The molecule has 2 aromatic carbocycles. The molecule has 4 rings (SSSR count). The predicted octanol–water partition coefficient (Wildman–Crippen LogP) is 3.50. The van der Waals surface area contributed by atoms with E-state index in [-0.39, 0.29) is 18.6 Å². The van der Waals surface area contributed by atoms with Crippen molar-refractivity contribution in [3.05, 3.63) is 83.7 Å². The molecule has 5 heteroatoms. The average molecular weight is 361 g/mol. The number of nitrogens with one attached hydrogen (secondary N) is 1. The number of amides is 1. The number of carbonyl (C=O) groups excluding carboxylic acids is 1. The third kappa shape index (κ3) is 4.19. The molecule has 1 aromatic heterocycles. The van der Waals surface area contributed by atoms with Crippen LogP contribution in [0, 0.1) is 0 Å². The lowest BCUT2D eigenvalue weighted by Gasteiger charge is -2.24. The summed E-state index contributed by atoms with van der Waals surface area (Å²) in [4.78, 5) is 12.3. The Morgan fingerprint density at radius 2 is 1.85 bits per heavy atom. The van der Waals surface area contributed by atoms with Crippen molar-refractivity contribution >= 4 is 5.91 Å². The number of aromatic nitrogens is 2. The van der Waals surface area contributed by atoms with Crippen LogP contribution in [-0.4, -0.2) is 22.3 Å². The summed E-state index contributed by atoms with van der Waals surface area (Å²) in [5, 5.41) is 7.68. The van der Waals surface area contributed by atoms with Crippen molar-refractivity contribution in [1.82, 2.24) is 15.1 Å². The quantitative estimate of drug-likeness (QED) is 0.731. The van der Waals surface area contributed by atoms with Crippen LogP contribution in [0.1, 0.15) is 35.7 Å². The summed E-state index contributed by atoms with van der Waals surface area (Å²) in [7, 11) is 0. The highest BCUT2D eigenvalue weighted by atomic mass is 16.5. The number of carbonyl (C=O) groups is 1. The second-order valence-electron chi connectivity index (χ2n) is 6.80. The fourth-order valence-electron chi connectivity index (χ4n) is 3.56. The molecule has 27 heavy (non-hydrogen) atoms. The van der Waals surface area contributed by atoms with Crippen molar-refractivity contribution in [2.75, 3.05) is 6.61 Å². The number of benzene rings is 2. The number of ether oxygens (including phenoxy) is 1. The van der Waals surface area contributed by atoms with Gasteiger partial charge in [0.1, 0.15) is 5.75 Å². The van der Waals surface area contributed by atoms with Crippen LogP contribution in [0.4, 0.5) is 0 Å². The molecular formula is C22H23N3O2. The van der Waals surface area contributed by atoms with Crippen LogP contribution in [0.3, 0.4) is 0 Å². The van der Waals surface area contributed by atoms with Crippen LogP contribution < -0.4 is 10.1 Å². The molecule has 1 atom stereocenters. The second kappa shape index (κ2) is 8.08. The third-order valence-electron chi connectivity index (χ3n) is 4.89. The van der Waals surface area contributed by atoms with Crippen molar-refractivity contribution < 1.29 is 9.53 Å². The largest absolute Gasteiger partial charge is 0.484 e. The van der Waals surface area contributed by atoms with Crippen LogP contribution in [0.15, 0.2) is 66.9 Å². The first-order valence-corrected chi connectivity index (χ1v) is 9.35. The molecule has 1 heterocycles. The molecule has 0 saturated heterocycles. The Morgan fingerprint density at radius 1 is 1.11 bits per heavy atom. The van der Waals surface area contributed by atoms with Crippen molar-refractivity contribution in [3.63, 3.8) is 0 Å². The first kappa shape index (κ1) is 17.3. The maximum absolute atomic E-state index is 12.3. The van der Waals surface area contributed by atoms with E-state index in [1.807, 2.05) is 54.7 Å². The first-order chi connectivity index (χ1) is 13.3. The summed E-state index contributed by atoms with van der Waals surface area (Å²) < 4.78 is 7.61. The molecule has 0 radical (unpaired) electrons. The van der Waals surface area contributed by atoms with E-state index in [2.05, 4.69) is 27.2 Å². The van der Waals surface area contributed by atoms with Gasteiger partial charge in [-0.1, -0.05) is 48.5 Å². The Kier molecular flexibility index (Phi) is 5.19. The van der Waals surface area contributed by atoms with Gasteiger partial charge in [0.2, 0.25) is 0 Å². The van der Waals surface area contributed by atoms with E-state index >= 15 is 0 Å². The molecule has 1 N–H and O–H groups in total. The molecule has 0 spiro atoms. The molecule has 5 nitrogen and oxygen atoms in total. The zero-order chi connectivity index (χ0) is 18.5. The van der Waals surface area contributed by atoms with E-state index in [9.17, 15) is 4.79 Å². The van der Waals surface area contributed by atoms with Crippen molar-refractivity contribution in [2.24, 2.45) is 0 Å². The fraction of sp³-hybridized carbons (Fsp3) is 0.273. The van der Waals surface area contributed by atoms with E-state index in [4.69, 9.17) is 4.74 Å². The Morgan fingerprint density at radius 3 is 2.63 bits per heavy atom. The Labute approximate surface area is 159 Å². The van der Waals surface area contributed by atoms with Gasteiger partial charge >= 0.3 is 0 Å². The molecule has 1 amide bonds. The number of para-hydroxylation sites is 1. The minimum atomic E-state index is -0.104. The fourth-order valence-corrected chi connectivity index (χ4v) is 3.56. The van der Waals surface area contributed by atoms with E-state index in [1.54, 1.807) is 0 Å². The van der Waals surface area contributed by atoms with Crippen molar-refractivity contribution in [3.8, 4) is 5.75 Å². The zero-order valence-electron chi connectivity index (χ0n) is 15.2. The van der Waals surface area contributed by atoms with Gasteiger partial charge < -0.3 is 10.1 Å². The molecule has 1 unspecified atom stereocenters. The molecule has 0 fully saturated rings. The maximum Gasteiger partial charge on any atom is 0.258 e. The van der Waals surface area contributed by atoms with E-state index in [1.165, 1.54) is 11.3 Å². The van der Waals surface area contributed by atoms with Gasteiger partial charge in [0, 0.05) is 11.3 Å². The van der Waals surface area contributed by atoms with Gasteiger partial charge in [-0.15, -0.1) is 0 Å². The van der Waals surface area contributed by atoms with Gasteiger partial charge in [-0.2, -0.15) is 5.10 Å². The van der Waals surface area contributed by atoms with Crippen molar-refractivity contribution in [1.29, 1.82) is 0 Å². The van der Waals surface area contributed by atoms with Crippen molar-refractivity contribution in [2.45, 2.75) is 31.8 Å². The normalized spacial score (nSPS) is 15.8.